The number of alkyl halides is 3. The summed E-state index contributed by atoms with van der Waals surface area (Å²) < 4.78 is 44.4. The van der Waals surface area contributed by atoms with Crippen molar-refractivity contribution in [2.75, 3.05) is 7.11 Å². The van der Waals surface area contributed by atoms with Crippen LogP contribution in [0.3, 0.4) is 0 Å². The Morgan fingerprint density at radius 1 is 1.14 bits per heavy atom. The van der Waals surface area contributed by atoms with E-state index in [2.05, 4.69) is 20.3 Å². The highest BCUT2D eigenvalue weighted by molar-refractivity contribution is 6.29. The van der Waals surface area contributed by atoms with Crippen molar-refractivity contribution in [3.63, 3.8) is 0 Å². The molecule has 0 atom stereocenters. The lowest BCUT2D eigenvalue weighted by Crippen LogP contribution is -2.07. The van der Waals surface area contributed by atoms with Crippen molar-refractivity contribution < 1.29 is 17.9 Å². The van der Waals surface area contributed by atoms with Gasteiger partial charge in [-0.2, -0.15) is 17.7 Å². The Balaban J connectivity index is 2.27. The average Bonchev–Trinajstić information content (AvgIpc) is 2.92. The number of halogens is 4. The summed E-state index contributed by atoms with van der Waals surface area (Å²) in [5.74, 6) is -1.15. The molecule has 114 valence electrons. The minimum atomic E-state index is -4.67. The molecule has 3 aromatic rings. The second-order valence-corrected chi connectivity index (χ2v) is 4.59. The molecule has 0 N–H and O–H groups in total. The highest BCUT2D eigenvalue weighted by Crippen LogP contribution is 2.31. The number of pyridine rings is 1. The summed E-state index contributed by atoms with van der Waals surface area (Å²) in [5.41, 5.74) is 0.606. The van der Waals surface area contributed by atoms with Crippen LogP contribution in [0.25, 0.3) is 16.9 Å². The molecular weight excluding hydrogens is 323 g/mol. The van der Waals surface area contributed by atoms with Gasteiger partial charge in [-0.1, -0.05) is 11.6 Å². The Kier molecular flexibility index (Phi) is 3.36. The summed E-state index contributed by atoms with van der Waals surface area (Å²) in [4.78, 5) is 3.54. The van der Waals surface area contributed by atoms with Crippen LogP contribution in [0, 0.1) is 0 Å². The Morgan fingerprint density at radius 2 is 1.91 bits per heavy atom. The number of nitrogens with zero attached hydrogens (tertiary/aromatic N) is 5. The van der Waals surface area contributed by atoms with E-state index in [1.807, 2.05) is 0 Å². The van der Waals surface area contributed by atoms with Gasteiger partial charge in [-0.25, -0.2) is 4.98 Å². The molecule has 6 nitrogen and oxygen atoms in total. The monoisotopic (exact) mass is 329 g/mol. The van der Waals surface area contributed by atoms with E-state index in [0.29, 0.717) is 11.3 Å². The maximum Gasteiger partial charge on any atom is 0.453 e. The van der Waals surface area contributed by atoms with E-state index in [1.54, 1.807) is 0 Å². The third-order valence-electron chi connectivity index (χ3n) is 2.82. The number of fused-ring (bicyclic) bond motifs is 1. The zero-order valence-corrected chi connectivity index (χ0v) is 11.7. The lowest BCUT2D eigenvalue weighted by atomic mass is 10.2. The quantitative estimate of drug-likeness (QED) is 0.723. The molecule has 22 heavy (non-hydrogen) atoms. The zero-order chi connectivity index (χ0) is 15.9. The third-order valence-corrected chi connectivity index (χ3v) is 3.02. The summed E-state index contributed by atoms with van der Waals surface area (Å²) in [7, 11) is 1.32. The van der Waals surface area contributed by atoms with Gasteiger partial charge in [-0.05, 0) is 18.2 Å². The first kappa shape index (κ1) is 14.5. The molecule has 10 heteroatoms. The van der Waals surface area contributed by atoms with E-state index in [0.717, 1.165) is 4.52 Å². The van der Waals surface area contributed by atoms with Gasteiger partial charge >= 0.3 is 6.18 Å². The topological polar surface area (TPSA) is 65.2 Å². The molecule has 0 aliphatic heterocycles. The van der Waals surface area contributed by atoms with Crippen LogP contribution in [-0.4, -0.2) is 31.9 Å². The van der Waals surface area contributed by atoms with Gasteiger partial charge in [0, 0.05) is 11.6 Å². The van der Waals surface area contributed by atoms with Crippen molar-refractivity contribution in [3.05, 3.63) is 35.2 Å². The van der Waals surface area contributed by atoms with Crippen LogP contribution in [0.1, 0.15) is 5.82 Å². The Bertz CT molecular complexity index is 831. The fraction of sp³-hybridized carbons (Fsp3) is 0.167. The van der Waals surface area contributed by atoms with Crippen LogP contribution in [0.4, 0.5) is 13.2 Å². The fourth-order valence-corrected chi connectivity index (χ4v) is 1.97. The first-order valence-corrected chi connectivity index (χ1v) is 6.28. The molecule has 0 bridgehead atoms. The number of rotatable bonds is 2. The van der Waals surface area contributed by atoms with Crippen LogP contribution in [0.5, 0.6) is 5.88 Å². The largest absolute Gasteiger partial charge is 0.481 e. The van der Waals surface area contributed by atoms with E-state index in [-0.39, 0.29) is 16.7 Å². The first-order valence-electron chi connectivity index (χ1n) is 5.90. The maximum atomic E-state index is 12.8. The van der Waals surface area contributed by atoms with Crippen LogP contribution in [0.15, 0.2) is 24.3 Å². The van der Waals surface area contributed by atoms with Gasteiger partial charge in [0.25, 0.3) is 5.82 Å². The van der Waals surface area contributed by atoms with E-state index < -0.39 is 12.0 Å². The van der Waals surface area contributed by atoms with Gasteiger partial charge in [-0.15, -0.1) is 15.3 Å². The second kappa shape index (κ2) is 5.09. The predicted octanol–water partition coefficient (Wildman–Crippen LogP) is 2.87. The molecule has 0 fully saturated rings. The minimum absolute atomic E-state index is 0.0386. The van der Waals surface area contributed by atoms with Crippen molar-refractivity contribution in [2.24, 2.45) is 0 Å². The minimum Gasteiger partial charge on any atom is -0.481 e. The number of methoxy groups -OCH3 is 1. The number of hydrogen-bond donors (Lipinski definition) is 0. The van der Waals surface area contributed by atoms with Crippen LogP contribution >= 0.6 is 11.6 Å². The molecule has 0 amide bonds. The first-order chi connectivity index (χ1) is 10.4. The fourth-order valence-electron chi connectivity index (χ4n) is 1.87. The van der Waals surface area contributed by atoms with Gasteiger partial charge in [0.2, 0.25) is 5.88 Å². The molecular formula is C12H7ClF3N5O. The van der Waals surface area contributed by atoms with Crippen molar-refractivity contribution in [2.45, 2.75) is 6.18 Å². The number of hydrogen-bond acceptors (Lipinski definition) is 5. The van der Waals surface area contributed by atoms with E-state index in [9.17, 15) is 13.2 Å². The normalized spacial score (nSPS) is 11.9. The lowest BCUT2D eigenvalue weighted by Gasteiger charge is -2.05. The van der Waals surface area contributed by atoms with Gasteiger partial charge in [-0.3, -0.25) is 0 Å². The van der Waals surface area contributed by atoms with Crippen LogP contribution in [-0.2, 0) is 6.18 Å². The van der Waals surface area contributed by atoms with Crippen LogP contribution in [0.2, 0.25) is 5.15 Å². The number of ether oxygens (including phenoxy) is 1. The molecule has 3 rings (SSSR count). The van der Waals surface area contributed by atoms with Crippen molar-refractivity contribution in [3.8, 4) is 17.1 Å². The molecule has 0 saturated heterocycles. The highest BCUT2D eigenvalue weighted by atomic mass is 35.5. The molecule has 0 spiro atoms. The van der Waals surface area contributed by atoms with Crippen molar-refractivity contribution >= 4 is 17.2 Å². The van der Waals surface area contributed by atoms with E-state index in [1.165, 1.54) is 31.4 Å². The molecule has 3 aromatic heterocycles. The molecule has 0 unspecified atom stereocenters. The summed E-state index contributed by atoms with van der Waals surface area (Å²) in [6.07, 6.45) is -4.67. The summed E-state index contributed by atoms with van der Waals surface area (Å²) >= 11 is 5.65. The van der Waals surface area contributed by atoms with Gasteiger partial charge in [0.1, 0.15) is 0 Å². The summed E-state index contributed by atoms with van der Waals surface area (Å²) in [6, 6.07) is 6.00. The van der Waals surface area contributed by atoms with Crippen molar-refractivity contribution in [1.29, 1.82) is 0 Å². The van der Waals surface area contributed by atoms with E-state index >= 15 is 0 Å². The molecule has 0 aromatic carbocycles. The van der Waals surface area contributed by atoms with E-state index in [4.69, 9.17) is 16.3 Å². The van der Waals surface area contributed by atoms with Crippen LogP contribution < -0.4 is 4.74 Å². The zero-order valence-electron chi connectivity index (χ0n) is 11.0. The SMILES string of the molecule is COc1ccc(-c2ccc(Cl)nn2)c2nc(C(F)(F)F)nn12. The average molecular weight is 330 g/mol. The van der Waals surface area contributed by atoms with Gasteiger partial charge in [0.05, 0.1) is 12.8 Å². The Labute approximate surface area is 126 Å². The second-order valence-electron chi connectivity index (χ2n) is 4.20. The lowest BCUT2D eigenvalue weighted by molar-refractivity contribution is -0.144. The highest BCUT2D eigenvalue weighted by Gasteiger charge is 2.37. The predicted molar refractivity (Wildman–Crippen MR) is 70.6 cm³/mol. The Hall–Kier alpha value is -2.42. The maximum absolute atomic E-state index is 12.8. The summed E-state index contributed by atoms with van der Waals surface area (Å²) in [6.45, 7) is 0. The standard InChI is InChI=1S/C12H7ClF3N5O/c1-22-9-5-2-6(7-3-4-8(13)19-18-7)10-17-11(12(14,15)16)20-21(9)10/h2-5H,1H3. The van der Waals surface area contributed by atoms with Gasteiger partial charge < -0.3 is 4.74 Å². The summed E-state index contributed by atoms with van der Waals surface area (Å²) in [5, 5.41) is 11.1. The molecule has 0 aliphatic carbocycles. The molecule has 0 aliphatic rings. The molecule has 0 saturated carbocycles. The third kappa shape index (κ3) is 2.43. The van der Waals surface area contributed by atoms with Gasteiger partial charge in [0.15, 0.2) is 10.8 Å². The molecule has 0 radical (unpaired) electrons. The number of aromatic nitrogens is 5. The Morgan fingerprint density at radius 3 is 2.50 bits per heavy atom. The van der Waals surface area contributed by atoms with Crippen molar-refractivity contribution in [1.82, 2.24) is 24.8 Å². The smallest absolute Gasteiger partial charge is 0.453 e. The molecule has 3 heterocycles.